The van der Waals surface area contributed by atoms with Crippen LogP contribution in [0.15, 0.2) is 23.2 Å². The number of nitrogens with zero attached hydrogens (tertiary/aromatic N) is 4. The van der Waals surface area contributed by atoms with Crippen LogP contribution >= 0.6 is 24.0 Å². The number of rotatable bonds is 7. The summed E-state index contributed by atoms with van der Waals surface area (Å²) in [5.74, 6) is 4.01. The van der Waals surface area contributed by atoms with E-state index in [1.54, 1.807) is 14.2 Å². The molecule has 2 aromatic rings. The van der Waals surface area contributed by atoms with E-state index in [-0.39, 0.29) is 30.1 Å². The molecule has 1 aliphatic carbocycles. The van der Waals surface area contributed by atoms with E-state index in [1.165, 1.54) is 12.8 Å². The molecule has 0 bridgehead atoms. The Morgan fingerprint density at radius 1 is 1.21 bits per heavy atom. The molecule has 0 saturated heterocycles. The van der Waals surface area contributed by atoms with Gasteiger partial charge in [-0.3, -0.25) is 4.99 Å². The number of guanidine groups is 1. The Hall–Kier alpha value is -2.04. The molecule has 8 nitrogen and oxygen atoms in total. The summed E-state index contributed by atoms with van der Waals surface area (Å²) in [7, 11) is 5.38. The van der Waals surface area contributed by atoms with Crippen LogP contribution in [0.1, 0.15) is 42.9 Å². The summed E-state index contributed by atoms with van der Waals surface area (Å²) >= 11 is 0. The monoisotopic (exact) mass is 514 g/mol. The first-order valence-electron chi connectivity index (χ1n) is 9.74. The van der Waals surface area contributed by atoms with E-state index in [2.05, 4.69) is 31.9 Å². The summed E-state index contributed by atoms with van der Waals surface area (Å²) in [5, 5.41) is 14.9. The minimum Gasteiger partial charge on any atom is -0.493 e. The molecule has 0 aliphatic heterocycles. The highest BCUT2D eigenvalue weighted by Gasteiger charge is 2.20. The molecule has 160 valence electrons. The van der Waals surface area contributed by atoms with Gasteiger partial charge in [0.25, 0.3) is 0 Å². The molecule has 0 atom stereocenters. The highest BCUT2D eigenvalue weighted by Crippen LogP contribution is 2.34. The Kier molecular flexibility index (Phi) is 8.99. The van der Waals surface area contributed by atoms with Gasteiger partial charge in [0.2, 0.25) is 0 Å². The Balaban J connectivity index is 0.00000300. The summed E-state index contributed by atoms with van der Waals surface area (Å²) in [5.41, 5.74) is 1.05. The summed E-state index contributed by atoms with van der Waals surface area (Å²) in [6, 6.07) is 5.98. The molecule has 1 aromatic heterocycles. The Morgan fingerprint density at radius 2 is 1.93 bits per heavy atom. The van der Waals surface area contributed by atoms with Crippen molar-refractivity contribution < 1.29 is 9.47 Å². The van der Waals surface area contributed by atoms with Gasteiger partial charge in [0.1, 0.15) is 5.82 Å². The lowest BCUT2D eigenvalue weighted by atomic mass is 10.1. The van der Waals surface area contributed by atoms with E-state index in [1.807, 2.05) is 30.7 Å². The minimum absolute atomic E-state index is 0. The second kappa shape index (κ2) is 11.2. The number of ether oxygens (including phenoxy) is 2. The highest BCUT2D eigenvalue weighted by molar-refractivity contribution is 14.0. The molecule has 1 saturated carbocycles. The van der Waals surface area contributed by atoms with Gasteiger partial charge < -0.3 is 24.7 Å². The van der Waals surface area contributed by atoms with Gasteiger partial charge in [0.05, 0.1) is 19.8 Å². The van der Waals surface area contributed by atoms with Crippen LogP contribution < -0.4 is 20.1 Å². The number of hydrogen-bond acceptors (Lipinski definition) is 5. The molecule has 0 amide bonds. The molecule has 0 unspecified atom stereocenters. The lowest BCUT2D eigenvalue weighted by molar-refractivity contribution is 0.198. The number of aromatic nitrogens is 3. The van der Waals surface area contributed by atoms with Crippen LogP contribution in [0.25, 0.3) is 0 Å². The topological polar surface area (TPSA) is 85.6 Å². The third-order valence-electron chi connectivity index (χ3n) is 5.13. The van der Waals surface area contributed by atoms with Crippen LogP contribution in [0.5, 0.6) is 11.5 Å². The maximum absolute atomic E-state index is 6.30. The second-order valence-corrected chi connectivity index (χ2v) is 6.97. The van der Waals surface area contributed by atoms with Crippen molar-refractivity contribution >= 4 is 29.9 Å². The summed E-state index contributed by atoms with van der Waals surface area (Å²) in [6.45, 7) is 3.05. The Morgan fingerprint density at radius 3 is 2.55 bits per heavy atom. The fourth-order valence-electron chi connectivity index (χ4n) is 3.34. The van der Waals surface area contributed by atoms with Crippen LogP contribution in [0, 0.1) is 6.92 Å². The second-order valence-electron chi connectivity index (χ2n) is 6.97. The van der Waals surface area contributed by atoms with Gasteiger partial charge in [0.15, 0.2) is 23.3 Å². The zero-order valence-electron chi connectivity index (χ0n) is 17.6. The zero-order valence-corrected chi connectivity index (χ0v) is 19.9. The molecular formula is C20H31IN6O2. The fraction of sp³-hybridized carbons (Fsp3) is 0.550. The highest BCUT2D eigenvalue weighted by atomic mass is 127. The summed E-state index contributed by atoms with van der Waals surface area (Å²) in [4.78, 5) is 4.30. The van der Waals surface area contributed by atoms with E-state index < -0.39 is 0 Å². The smallest absolute Gasteiger partial charge is 0.191 e. The van der Waals surface area contributed by atoms with Crippen molar-refractivity contribution in [1.29, 1.82) is 0 Å². The van der Waals surface area contributed by atoms with E-state index in [4.69, 9.17) is 9.47 Å². The molecule has 2 N–H and O–H groups in total. The molecule has 1 heterocycles. The van der Waals surface area contributed by atoms with Gasteiger partial charge in [-0.05, 0) is 38.7 Å². The van der Waals surface area contributed by atoms with E-state index in [0.717, 1.165) is 41.6 Å². The largest absolute Gasteiger partial charge is 0.493 e. The third-order valence-corrected chi connectivity index (χ3v) is 5.13. The van der Waals surface area contributed by atoms with Crippen molar-refractivity contribution in [1.82, 2.24) is 25.4 Å². The Bertz CT molecular complexity index is 817. The molecule has 29 heavy (non-hydrogen) atoms. The lowest BCUT2D eigenvalue weighted by Gasteiger charge is -2.20. The van der Waals surface area contributed by atoms with Gasteiger partial charge in [-0.2, -0.15) is 0 Å². The van der Waals surface area contributed by atoms with Crippen molar-refractivity contribution in [2.24, 2.45) is 12.0 Å². The predicted molar refractivity (Wildman–Crippen MR) is 124 cm³/mol. The fourth-order valence-corrected chi connectivity index (χ4v) is 3.34. The van der Waals surface area contributed by atoms with Crippen LogP contribution in [0.3, 0.4) is 0 Å². The molecule has 3 rings (SSSR count). The molecule has 1 aromatic carbocycles. The third kappa shape index (κ3) is 5.97. The number of benzene rings is 1. The SMILES string of the molecule is CN=C(NCc1cccc(OC)c1OC1CCCC1)NCc1nnc(C)n1C.I. The maximum Gasteiger partial charge on any atom is 0.191 e. The first-order valence-corrected chi connectivity index (χ1v) is 9.74. The van der Waals surface area contributed by atoms with Gasteiger partial charge in [-0.25, -0.2) is 0 Å². The molecule has 9 heteroatoms. The van der Waals surface area contributed by atoms with Crippen molar-refractivity contribution in [3.05, 3.63) is 35.4 Å². The van der Waals surface area contributed by atoms with E-state index in [9.17, 15) is 0 Å². The number of aliphatic imine (C=N–C) groups is 1. The zero-order chi connectivity index (χ0) is 19.9. The molecule has 0 spiro atoms. The Labute approximate surface area is 189 Å². The van der Waals surface area contributed by atoms with Crippen molar-refractivity contribution in [3.8, 4) is 11.5 Å². The minimum atomic E-state index is 0. The van der Waals surface area contributed by atoms with Gasteiger partial charge in [0, 0.05) is 26.2 Å². The van der Waals surface area contributed by atoms with Gasteiger partial charge in [-0.1, -0.05) is 12.1 Å². The summed E-state index contributed by atoms with van der Waals surface area (Å²) in [6.07, 6.45) is 4.93. The first-order chi connectivity index (χ1) is 13.6. The van der Waals surface area contributed by atoms with Crippen molar-refractivity contribution in [2.45, 2.75) is 51.8 Å². The normalized spacial score (nSPS) is 14.4. The predicted octanol–water partition coefficient (Wildman–Crippen LogP) is 2.94. The van der Waals surface area contributed by atoms with E-state index in [0.29, 0.717) is 19.0 Å². The number of nitrogens with one attached hydrogen (secondary N) is 2. The summed E-state index contributed by atoms with van der Waals surface area (Å²) < 4.78 is 13.8. The van der Waals surface area contributed by atoms with E-state index >= 15 is 0 Å². The average Bonchev–Trinajstić information content (AvgIpc) is 3.33. The number of halogens is 1. The quantitative estimate of drug-likeness (QED) is 0.336. The molecular weight excluding hydrogens is 483 g/mol. The number of aryl methyl sites for hydroxylation is 1. The van der Waals surface area contributed by atoms with Crippen molar-refractivity contribution in [2.75, 3.05) is 14.2 Å². The first kappa shape index (κ1) is 23.2. The lowest BCUT2D eigenvalue weighted by Crippen LogP contribution is -2.37. The van der Waals surface area contributed by atoms with Crippen LogP contribution in [0.4, 0.5) is 0 Å². The standard InChI is InChI=1S/C20H30N6O2.HI/c1-14-24-25-18(26(14)3)13-23-20(21-2)22-12-15-8-7-11-17(27-4)19(15)28-16-9-5-6-10-16;/h7-8,11,16H,5-6,9-10,12-13H2,1-4H3,(H2,21,22,23);1H. The molecule has 0 radical (unpaired) electrons. The van der Waals surface area contributed by atoms with Gasteiger partial charge >= 0.3 is 0 Å². The number of hydrogen-bond donors (Lipinski definition) is 2. The van der Waals surface area contributed by atoms with Crippen LogP contribution in [-0.4, -0.2) is 41.0 Å². The molecule has 1 aliphatic rings. The van der Waals surface area contributed by atoms with Crippen LogP contribution in [-0.2, 0) is 20.1 Å². The van der Waals surface area contributed by atoms with Crippen LogP contribution in [0.2, 0.25) is 0 Å². The van der Waals surface area contributed by atoms with Crippen molar-refractivity contribution in [3.63, 3.8) is 0 Å². The average molecular weight is 514 g/mol. The number of para-hydroxylation sites is 1. The maximum atomic E-state index is 6.30. The molecule has 1 fully saturated rings. The number of methoxy groups -OCH3 is 1. The van der Waals surface area contributed by atoms with Gasteiger partial charge in [-0.15, -0.1) is 34.2 Å².